The molecule has 5 heteroatoms. The van der Waals surface area contributed by atoms with Gasteiger partial charge in [0.25, 0.3) is 0 Å². The third kappa shape index (κ3) is 6.61. The lowest BCUT2D eigenvalue weighted by atomic mass is 10.1. The second kappa shape index (κ2) is 10.6. The van der Waals surface area contributed by atoms with E-state index in [1.807, 2.05) is 36.4 Å². The highest BCUT2D eigenvalue weighted by Crippen LogP contribution is 2.21. The van der Waals surface area contributed by atoms with Gasteiger partial charge in [0.05, 0.1) is 13.2 Å². The van der Waals surface area contributed by atoms with Crippen molar-refractivity contribution < 1.29 is 14.3 Å². The summed E-state index contributed by atoms with van der Waals surface area (Å²) in [4.78, 5) is 14.6. The predicted octanol–water partition coefficient (Wildman–Crippen LogP) is 3.55. The summed E-state index contributed by atoms with van der Waals surface area (Å²) in [6.45, 7) is 8.18. The van der Waals surface area contributed by atoms with Crippen LogP contribution in [0.25, 0.3) is 0 Å². The van der Waals surface area contributed by atoms with Gasteiger partial charge in [-0.05, 0) is 50.1 Å². The molecule has 146 valence electrons. The van der Waals surface area contributed by atoms with E-state index in [1.165, 1.54) is 5.56 Å². The Morgan fingerprint density at radius 2 is 1.78 bits per heavy atom. The smallest absolute Gasteiger partial charge is 0.239 e. The van der Waals surface area contributed by atoms with Crippen LogP contribution in [0.3, 0.4) is 0 Å². The summed E-state index contributed by atoms with van der Waals surface area (Å²) in [6, 6.07) is 16.1. The maximum atomic E-state index is 12.5. The van der Waals surface area contributed by atoms with E-state index in [1.54, 1.807) is 7.11 Å². The zero-order valence-electron chi connectivity index (χ0n) is 16.7. The maximum absolute atomic E-state index is 12.5. The summed E-state index contributed by atoms with van der Waals surface area (Å²) >= 11 is 0. The number of nitrogens with zero attached hydrogens (tertiary/aromatic N) is 1. The number of rotatable bonds is 10. The highest BCUT2D eigenvalue weighted by Gasteiger charge is 2.16. The van der Waals surface area contributed by atoms with Crippen molar-refractivity contribution in [3.8, 4) is 5.75 Å². The van der Waals surface area contributed by atoms with Gasteiger partial charge in [-0.3, -0.25) is 4.79 Å². The first-order chi connectivity index (χ1) is 13.0. The van der Waals surface area contributed by atoms with E-state index in [-0.39, 0.29) is 11.9 Å². The number of hydrogen-bond donors (Lipinski definition) is 1. The largest absolute Gasteiger partial charge is 0.491 e. The molecule has 0 saturated carbocycles. The fourth-order valence-corrected chi connectivity index (χ4v) is 2.79. The first-order valence-electron chi connectivity index (χ1n) is 9.31. The van der Waals surface area contributed by atoms with Gasteiger partial charge in [0.1, 0.15) is 12.4 Å². The number of amides is 1. The SMILES string of the molecule is COCCOc1ccc(CNC(=O)CN(c2ccccc2C)C(C)C)cc1. The number of nitrogens with one attached hydrogen (secondary N) is 1. The molecule has 0 heterocycles. The molecule has 2 rings (SSSR count). The van der Waals surface area contributed by atoms with Crippen LogP contribution < -0.4 is 15.0 Å². The number of aryl methyl sites for hydroxylation is 1. The number of methoxy groups -OCH3 is 1. The highest BCUT2D eigenvalue weighted by molar-refractivity contribution is 5.81. The van der Waals surface area contributed by atoms with E-state index < -0.39 is 0 Å². The second-order valence-corrected chi connectivity index (χ2v) is 6.77. The van der Waals surface area contributed by atoms with Gasteiger partial charge >= 0.3 is 0 Å². The van der Waals surface area contributed by atoms with Crippen molar-refractivity contribution >= 4 is 11.6 Å². The van der Waals surface area contributed by atoms with Crippen molar-refractivity contribution in [2.45, 2.75) is 33.4 Å². The molecular weight excluding hydrogens is 340 g/mol. The molecule has 0 aliphatic heterocycles. The summed E-state index contributed by atoms with van der Waals surface area (Å²) in [5.41, 5.74) is 3.30. The number of para-hydroxylation sites is 1. The summed E-state index contributed by atoms with van der Waals surface area (Å²) < 4.78 is 10.5. The van der Waals surface area contributed by atoms with Crippen molar-refractivity contribution in [2.24, 2.45) is 0 Å². The molecular formula is C22H30N2O3. The summed E-state index contributed by atoms with van der Waals surface area (Å²) in [5, 5.41) is 3.00. The van der Waals surface area contributed by atoms with Gasteiger partial charge < -0.3 is 19.7 Å². The van der Waals surface area contributed by atoms with Crippen LogP contribution in [-0.2, 0) is 16.1 Å². The minimum atomic E-state index is 0.00683. The Bertz CT molecular complexity index is 714. The summed E-state index contributed by atoms with van der Waals surface area (Å²) in [7, 11) is 1.65. The van der Waals surface area contributed by atoms with E-state index in [2.05, 4.69) is 43.1 Å². The van der Waals surface area contributed by atoms with Gasteiger partial charge in [0, 0.05) is 25.4 Å². The van der Waals surface area contributed by atoms with Gasteiger partial charge in [-0.15, -0.1) is 0 Å². The Hall–Kier alpha value is -2.53. The lowest BCUT2D eigenvalue weighted by molar-refractivity contribution is -0.120. The molecule has 0 spiro atoms. The number of benzene rings is 2. The zero-order chi connectivity index (χ0) is 19.6. The van der Waals surface area contributed by atoms with Crippen molar-refractivity contribution in [1.82, 2.24) is 5.32 Å². The molecule has 0 aliphatic rings. The highest BCUT2D eigenvalue weighted by atomic mass is 16.5. The summed E-state index contributed by atoms with van der Waals surface area (Å²) in [6.07, 6.45) is 0. The van der Waals surface area contributed by atoms with Gasteiger partial charge in [-0.1, -0.05) is 30.3 Å². The Balaban J connectivity index is 1.88. The molecule has 0 radical (unpaired) electrons. The molecule has 2 aromatic rings. The van der Waals surface area contributed by atoms with Gasteiger partial charge in [0.2, 0.25) is 5.91 Å². The number of hydrogen-bond acceptors (Lipinski definition) is 4. The quantitative estimate of drug-likeness (QED) is 0.650. The maximum Gasteiger partial charge on any atom is 0.239 e. The summed E-state index contributed by atoms with van der Waals surface area (Å²) in [5.74, 6) is 0.806. The average molecular weight is 370 g/mol. The van der Waals surface area contributed by atoms with Crippen LogP contribution in [0.1, 0.15) is 25.0 Å². The molecule has 0 saturated heterocycles. The van der Waals surface area contributed by atoms with E-state index >= 15 is 0 Å². The molecule has 0 unspecified atom stereocenters. The number of carbonyl (C=O) groups is 1. The molecule has 1 N–H and O–H groups in total. The molecule has 1 amide bonds. The number of ether oxygens (including phenoxy) is 2. The van der Waals surface area contributed by atoms with Crippen LogP contribution in [0.2, 0.25) is 0 Å². The van der Waals surface area contributed by atoms with Gasteiger partial charge in [-0.25, -0.2) is 0 Å². The molecule has 0 bridgehead atoms. The fraction of sp³-hybridized carbons (Fsp3) is 0.409. The Morgan fingerprint density at radius 1 is 1.07 bits per heavy atom. The Kier molecular flexibility index (Phi) is 8.14. The first-order valence-corrected chi connectivity index (χ1v) is 9.31. The number of carbonyl (C=O) groups excluding carboxylic acids is 1. The topological polar surface area (TPSA) is 50.8 Å². The van der Waals surface area contributed by atoms with E-state index in [0.717, 1.165) is 17.0 Å². The number of anilines is 1. The molecule has 0 fully saturated rings. The molecule has 0 aromatic heterocycles. The lowest BCUT2D eigenvalue weighted by Crippen LogP contribution is -2.41. The normalized spacial score (nSPS) is 10.7. The Labute approximate surface area is 162 Å². The van der Waals surface area contributed by atoms with Crippen LogP contribution in [0.5, 0.6) is 5.75 Å². The standard InChI is InChI=1S/C22H30N2O3/c1-17(2)24(21-8-6-5-7-18(21)3)16-22(25)23-15-19-9-11-20(12-10-19)27-14-13-26-4/h5-12,17H,13-16H2,1-4H3,(H,23,25). The van der Waals surface area contributed by atoms with Gasteiger partial charge in [-0.2, -0.15) is 0 Å². The second-order valence-electron chi connectivity index (χ2n) is 6.77. The molecule has 0 aliphatic carbocycles. The Morgan fingerprint density at radius 3 is 2.41 bits per heavy atom. The monoisotopic (exact) mass is 370 g/mol. The predicted molar refractivity (Wildman–Crippen MR) is 109 cm³/mol. The van der Waals surface area contributed by atoms with Crippen LogP contribution >= 0.6 is 0 Å². The molecule has 2 aromatic carbocycles. The van der Waals surface area contributed by atoms with Crippen molar-refractivity contribution in [3.05, 3.63) is 59.7 Å². The van der Waals surface area contributed by atoms with Crippen molar-refractivity contribution in [1.29, 1.82) is 0 Å². The lowest BCUT2D eigenvalue weighted by Gasteiger charge is -2.29. The molecule has 5 nitrogen and oxygen atoms in total. The first kappa shape index (κ1) is 20.8. The minimum absolute atomic E-state index is 0.00683. The molecule has 27 heavy (non-hydrogen) atoms. The van der Waals surface area contributed by atoms with E-state index in [9.17, 15) is 4.79 Å². The van der Waals surface area contributed by atoms with Crippen molar-refractivity contribution in [2.75, 3.05) is 31.8 Å². The van der Waals surface area contributed by atoms with Crippen LogP contribution in [0.15, 0.2) is 48.5 Å². The van der Waals surface area contributed by atoms with Gasteiger partial charge in [0.15, 0.2) is 0 Å². The van der Waals surface area contributed by atoms with Crippen LogP contribution in [0.4, 0.5) is 5.69 Å². The van der Waals surface area contributed by atoms with Crippen LogP contribution in [0, 0.1) is 6.92 Å². The van der Waals surface area contributed by atoms with Crippen LogP contribution in [-0.4, -0.2) is 38.8 Å². The minimum Gasteiger partial charge on any atom is -0.491 e. The van der Waals surface area contributed by atoms with E-state index in [4.69, 9.17) is 9.47 Å². The van der Waals surface area contributed by atoms with E-state index in [0.29, 0.717) is 26.3 Å². The average Bonchev–Trinajstić information content (AvgIpc) is 2.66. The third-order valence-corrected chi connectivity index (χ3v) is 4.33. The fourth-order valence-electron chi connectivity index (χ4n) is 2.79. The van der Waals surface area contributed by atoms with Crippen molar-refractivity contribution in [3.63, 3.8) is 0 Å². The third-order valence-electron chi connectivity index (χ3n) is 4.33. The zero-order valence-corrected chi connectivity index (χ0v) is 16.7. The molecule has 0 atom stereocenters.